The molecular weight excluding hydrogens is 477 g/mol. The van der Waals surface area contributed by atoms with Crippen LogP contribution < -0.4 is 15.1 Å². The summed E-state index contributed by atoms with van der Waals surface area (Å²) in [4.78, 5) is 40.4. The van der Waals surface area contributed by atoms with Gasteiger partial charge in [0.25, 0.3) is 0 Å². The molecule has 2 fully saturated rings. The van der Waals surface area contributed by atoms with E-state index in [0.717, 1.165) is 12.1 Å². The summed E-state index contributed by atoms with van der Waals surface area (Å²) < 4.78 is 46.5. The molecule has 2 aromatic carbocycles. The van der Waals surface area contributed by atoms with Gasteiger partial charge in [0, 0.05) is 39.2 Å². The molecule has 2 aliphatic rings. The highest BCUT2D eigenvalue weighted by Crippen LogP contribution is 2.28. The van der Waals surface area contributed by atoms with Gasteiger partial charge in [0.2, 0.25) is 11.8 Å². The maximum absolute atomic E-state index is 15.0. The van der Waals surface area contributed by atoms with Gasteiger partial charge in [-0.1, -0.05) is 6.07 Å². The Morgan fingerprint density at radius 1 is 1.03 bits per heavy atom. The summed E-state index contributed by atoms with van der Waals surface area (Å²) in [6.07, 6.45) is 1.58. The molecule has 0 aliphatic carbocycles. The van der Waals surface area contributed by atoms with Crippen molar-refractivity contribution >= 4 is 35.4 Å². The first-order chi connectivity index (χ1) is 17.2. The lowest BCUT2D eigenvalue weighted by Gasteiger charge is -2.36. The quantitative estimate of drug-likeness (QED) is 0.615. The van der Waals surface area contributed by atoms with E-state index < -0.39 is 29.6 Å². The molecule has 8 nitrogen and oxygen atoms in total. The Morgan fingerprint density at radius 3 is 2.44 bits per heavy atom. The fourth-order valence-electron chi connectivity index (χ4n) is 4.07. The Hall–Kier alpha value is -4.02. The normalized spacial score (nSPS) is 18.1. The molecule has 11 heteroatoms. The molecule has 3 amide bonds. The third kappa shape index (κ3) is 5.78. The van der Waals surface area contributed by atoms with E-state index >= 15 is 0 Å². The van der Waals surface area contributed by atoms with Crippen LogP contribution in [0.15, 0.2) is 42.5 Å². The van der Waals surface area contributed by atoms with E-state index in [1.807, 2.05) is 4.90 Å². The number of anilines is 2. The minimum atomic E-state index is -0.988. The number of piperazine rings is 1. The molecule has 2 aromatic rings. The van der Waals surface area contributed by atoms with Crippen molar-refractivity contribution in [3.05, 3.63) is 65.5 Å². The van der Waals surface area contributed by atoms with E-state index in [4.69, 9.17) is 4.74 Å². The number of amides is 3. The molecule has 190 valence electrons. The first-order valence-corrected chi connectivity index (χ1v) is 11.4. The predicted octanol–water partition coefficient (Wildman–Crippen LogP) is 2.93. The zero-order valence-electron chi connectivity index (χ0n) is 19.5. The number of hydrogen-bond acceptors (Lipinski definition) is 5. The largest absolute Gasteiger partial charge is 0.442 e. The summed E-state index contributed by atoms with van der Waals surface area (Å²) >= 11 is 0. The number of benzene rings is 2. The van der Waals surface area contributed by atoms with Crippen LogP contribution in [0.3, 0.4) is 0 Å². The predicted molar refractivity (Wildman–Crippen MR) is 127 cm³/mol. The van der Waals surface area contributed by atoms with Crippen molar-refractivity contribution in [2.24, 2.45) is 0 Å². The summed E-state index contributed by atoms with van der Waals surface area (Å²) in [5.41, 5.74) is 1.07. The topological polar surface area (TPSA) is 82.2 Å². The van der Waals surface area contributed by atoms with Crippen molar-refractivity contribution < 1.29 is 32.3 Å². The van der Waals surface area contributed by atoms with Crippen molar-refractivity contribution in [1.82, 2.24) is 10.2 Å². The van der Waals surface area contributed by atoms with Crippen molar-refractivity contribution in [2.45, 2.75) is 13.0 Å². The second-order valence-corrected chi connectivity index (χ2v) is 8.51. The third-order valence-corrected chi connectivity index (χ3v) is 5.99. The van der Waals surface area contributed by atoms with Gasteiger partial charge in [0.05, 0.1) is 24.5 Å². The number of carbonyl (C=O) groups is 3. The lowest BCUT2D eigenvalue weighted by atomic mass is 10.2. The third-order valence-electron chi connectivity index (χ3n) is 5.99. The van der Waals surface area contributed by atoms with Crippen LogP contribution in [0.1, 0.15) is 12.5 Å². The molecule has 1 N–H and O–H groups in total. The molecule has 0 radical (unpaired) electrons. The Kier molecular flexibility index (Phi) is 7.47. The molecule has 0 aromatic heterocycles. The molecule has 0 saturated carbocycles. The number of halogens is 3. The van der Waals surface area contributed by atoms with Crippen molar-refractivity contribution in [2.75, 3.05) is 49.1 Å². The Morgan fingerprint density at radius 2 is 1.78 bits per heavy atom. The zero-order valence-corrected chi connectivity index (χ0v) is 19.5. The van der Waals surface area contributed by atoms with E-state index in [1.54, 1.807) is 17.0 Å². The minimum absolute atomic E-state index is 0.178. The molecule has 36 heavy (non-hydrogen) atoms. The van der Waals surface area contributed by atoms with Crippen molar-refractivity contribution in [3.63, 3.8) is 0 Å². The number of carbonyl (C=O) groups excluding carboxylic acids is 3. The number of nitrogens with one attached hydrogen (secondary N) is 1. The molecule has 1 atom stereocenters. The molecule has 0 bridgehead atoms. The van der Waals surface area contributed by atoms with Gasteiger partial charge in [-0.3, -0.25) is 14.5 Å². The number of rotatable bonds is 6. The highest BCUT2D eigenvalue weighted by atomic mass is 19.2. The van der Waals surface area contributed by atoms with Crippen LogP contribution in [0.5, 0.6) is 0 Å². The van der Waals surface area contributed by atoms with Crippen LogP contribution in [-0.4, -0.2) is 68.2 Å². The minimum Gasteiger partial charge on any atom is -0.442 e. The Bertz CT molecular complexity index is 1200. The van der Waals surface area contributed by atoms with Gasteiger partial charge in [-0.05, 0) is 42.0 Å². The van der Waals surface area contributed by atoms with Gasteiger partial charge in [0.15, 0.2) is 11.6 Å². The van der Waals surface area contributed by atoms with Gasteiger partial charge >= 0.3 is 6.09 Å². The molecular formula is C25H25F3N4O4. The maximum atomic E-state index is 15.0. The van der Waals surface area contributed by atoms with Crippen LogP contribution in [0.25, 0.3) is 6.08 Å². The van der Waals surface area contributed by atoms with Crippen LogP contribution in [0, 0.1) is 17.5 Å². The van der Waals surface area contributed by atoms with Gasteiger partial charge in [-0.2, -0.15) is 0 Å². The van der Waals surface area contributed by atoms with Crippen LogP contribution in [0.2, 0.25) is 0 Å². The lowest BCUT2D eigenvalue weighted by Crippen LogP contribution is -2.48. The number of cyclic esters (lactones) is 1. The lowest BCUT2D eigenvalue weighted by molar-refractivity contribution is -0.126. The highest BCUT2D eigenvalue weighted by molar-refractivity contribution is 5.92. The standard InChI is InChI=1S/C25H25F3N4O4/c1-16(33)29-14-19-15-32(25(35)36-19)18-4-6-23(22(28)13-18)30-8-10-31(11-9-30)24(34)7-3-17-2-5-20(26)21(27)12-17/h2-7,12-13,19H,8-11,14-15H2,1H3,(H,29,33)/b7-3+/t19-/m0/s1. The summed E-state index contributed by atoms with van der Waals surface area (Å²) in [6, 6.07) is 7.85. The number of nitrogens with zero attached hydrogens (tertiary/aromatic N) is 3. The van der Waals surface area contributed by atoms with Gasteiger partial charge in [-0.25, -0.2) is 18.0 Å². The Labute approximate surface area is 205 Å². The number of ether oxygens (including phenoxy) is 1. The van der Waals surface area contributed by atoms with E-state index in [1.165, 1.54) is 36.1 Å². The average molecular weight is 502 g/mol. The van der Waals surface area contributed by atoms with Gasteiger partial charge in [0.1, 0.15) is 11.9 Å². The number of hydrogen-bond donors (Lipinski definition) is 1. The van der Waals surface area contributed by atoms with E-state index in [-0.39, 0.29) is 24.9 Å². The van der Waals surface area contributed by atoms with E-state index in [0.29, 0.717) is 43.1 Å². The second-order valence-electron chi connectivity index (χ2n) is 8.51. The fourth-order valence-corrected chi connectivity index (χ4v) is 4.07. The van der Waals surface area contributed by atoms with Crippen LogP contribution in [-0.2, 0) is 14.3 Å². The average Bonchev–Trinajstić information content (AvgIpc) is 3.23. The summed E-state index contributed by atoms with van der Waals surface area (Å²) in [5, 5.41) is 2.59. The molecule has 0 spiro atoms. The van der Waals surface area contributed by atoms with Crippen LogP contribution in [0.4, 0.5) is 29.3 Å². The van der Waals surface area contributed by atoms with Gasteiger partial charge < -0.3 is 19.9 Å². The molecule has 4 rings (SSSR count). The molecule has 0 unspecified atom stereocenters. The van der Waals surface area contributed by atoms with E-state index in [2.05, 4.69) is 5.32 Å². The summed E-state index contributed by atoms with van der Waals surface area (Å²) in [7, 11) is 0. The SMILES string of the molecule is CC(=O)NC[C@H]1CN(c2ccc(N3CCN(C(=O)/C=C/c4ccc(F)c(F)c4)CC3)c(F)c2)C(=O)O1. The fraction of sp³-hybridized carbons (Fsp3) is 0.320. The smallest absolute Gasteiger partial charge is 0.414 e. The monoisotopic (exact) mass is 502 g/mol. The van der Waals surface area contributed by atoms with Crippen molar-refractivity contribution in [3.8, 4) is 0 Å². The second kappa shape index (κ2) is 10.7. The summed E-state index contributed by atoms with van der Waals surface area (Å²) in [6.45, 7) is 3.23. The molecule has 2 aliphatic heterocycles. The molecule has 2 saturated heterocycles. The zero-order chi connectivity index (χ0) is 25.8. The highest BCUT2D eigenvalue weighted by Gasteiger charge is 2.33. The maximum Gasteiger partial charge on any atom is 0.414 e. The first-order valence-electron chi connectivity index (χ1n) is 11.4. The first kappa shape index (κ1) is 25.1. The molecule has 2 heterocycles. The Balaban J connectivity index is 1.33. The van der Waals surface area contributed by atoms with Crippen LogP contribution >= 0.6 is 0 Å². The van der Waals surface area contributed by atoms with E-state index in [9.17, 15) is 27.6 Å². The summed E-state index contributed by atoms with van der Waals surface area (Å²) in [5.74, 6) is -2.97. The van der Waals surface area contributed by atoms with Crippen molar-refractivity contribution in [1.29, 1.82) is 0 Å². The van der Waals surface area contributed by atoms with Gasteiger partial charge in [-0.15, -0.1) is 0 Å².